The molecule has 0 aliphatic rings. The Labute approximate surface area is 154 Å². The van der Waals surface area contributed by atoms with Crippen molar-refractivity contribution in [1.82, 2.24) is 14.6 Å². The molecule has 0 aliphatic carbocycles. The summed E-state index contributed by atoms with van der Waals surface area (Å²) in [6, 6.07) is 9.95. The van der Waals surface area contributed by atoms with Crippen molar-refractivity contribution in [3.8, 4) is 0 Å². The Kier molecular flexibility index (Phi) is 5.07. The van der Waals surface area contributed by atoms with Crippen molar-refractivity contribution in [2.75, 3.05) is 5.32 Å². The average Bonchev–Trinajstić information content (AvgIpc) is 2.95. The van der Waals surface area contributed by atoms with Crippen molar-refractivity contribution >= 4 is 17.2 Å². The molecule has 2 aromatic heterocycles. The molecule has 0 spiro atoms. The van der Waals surface area contributed by atoms with Crippen LogP contribution in [0.2, 0.25) is 0 Å². The number of carbonyl (C=O) groups is 1. The Bertz CT molecular complexity index is 956. The monoisotopic (exact) mass is 350 g/mol. The van der Waals surface area contributed by atoms with E-state index in [2.05, 4.69) is 35.3 Å². The molecule has 0 atom stereocenters. The van der Waals surface area contributed by atoms with E-state index in [1.807, 2.05) is 49.6 Å². The normalized spacial score (nSPS) is 11.3. The van der Waals surface area contributed by atoms with Gasteiger partial charge in [0, 0.05) is 29.6 Å². The second-order valence-electron chi connectivity index (χ2n) is 7.11. The number of carbonyl (C=O) groups excluding carboxylic acids is 1. The predicted octanol–water partition coefficient (Wildman–Crippen LogP) is 4.35. The zero-order chi connectivity index (χ0) is 18.8. The van der Waals surface area contributed by atoms with Crippen molar-refractivity contribution in [2.24, 2.45) is 0 Å². The first kappa shape index (κ1) is 18.1. The Hall–Kier alpha value is -2.69. The van der Waals surface area contributed by atoms with Gasteiger partial charge in [0.25, 0.3) is 0 Å². The van der Waals surface area contributed by atoms with Gasteiger partial charge in [-0.3, -0.25) is 4.79 Å². The fourth-order valence-electron chi connectivity index (χ4n) is 3.37. The zero-order valence-electron chi connectivity index (χ0n) is 16.1. The summed E-state index contributed by atoms with van der Waals surface area (Å²) in [5, 5.41) is 7.55. The molecule has 0 bridgehead atoms. The van der Waals surface area contributed by atoms with Crippen LogP contribution in [0.5, 0.6) is 0 Å². The zero-order valence-corrected chi connectivity index (χ0v) is 16.1. The van der Waals surface area contributed by atoms with Crippen LogP contribution in [0.3, 0.4) is 0 Å². The Morgan fingerprint density at radius 1 is 1.19 bits per heavy atom. The molecule has 1 aromatic carbocycles. The number of nitrogens with zero attached hydrogens (tertiary/aromatic N) is 3. The molecule has 136 valence electrons. The predicted molar refractivity (Wildman–Crippen MR) is 105 cm³/mol. The van der Waals surface area contributed by atoms with Crippen LogP contribution in [-0.2, 0) is 11.2 Å². The summed E-state index contributed by atoms with van der Waals surface area (Å²) in [6.07, 6.45) is 1.07. The number of anilines is 1. The summed E-state index contributed by atoms with van der Waals surface area (Å²) in [7, 11) is 0. The van der Waals surface area contributed by atoms with Gasteiger partial charge < -0.3 is 5.32 Å². The van der Waals surface area contributed by atoms with Gasteiger partial charge in [0.2, 0.25) is 5.91 Å². The van der Waals surface area contributed by atoms with Crippen LogP contribution in [0.25, 0.3) is 5.65 Å². The maximum absolute atomic E-state index is 12.5. The molecule has 26 heavy (non-hydrogen) atoms. The van der Waals surface area contributed by atoms with Gasteiger partial charge in [-0.2, -0.15) is 5.10 Å². The van der Waals surface area contributed by atoms with Crippen molar-refractivity contribution in [3.05, 3.63) is 58.5 Å². The summed E-state index contributed by atoms with van der Waals surface area (Å²) in [6.45, 7) is 10.3. The highest BCUT2D eigenvalue weighted by atomic mass is 16.1. The number of amides is 1. The van der Waals surface area contributed by atoms with Gasteiger partial charge in [-0.1, -0.05) is 32.0 Å². The molecule has 1 N–H and O–H groups in total. The first-order valence-corrected chi connectivity index (χ1v) is 9.08. The first-order valence-electron chi connectivity index (χ1n) is 9.08. The number of nitrogens with one attached hydrogen (secondary N) is 1. The molecule has 0 aliphatic heterocycles. The number of para-hydroxylation sites is 1. The summed E-state index contributed by atoms with van der Waals surface area (Å²) in [4.78, 5) is 17.1. The van der Waals surface area contributed by atoms with E-state index in [0.717, 1.165) is 39.5 Å². The van der Waals surface area contributed by atoms with E-state index in [-0.39, 0.29) is 5.91 Å². The fourth-order valence-corrected chi connectivity index (χ4v) is 3.37. The lowest BCUT2D eigenvalue weighted by atomic mass is 10.0. The Morgan fingerprint density at radius 2 is 1.92 bits per heavy atom. The van der Waals surface area contributed by atoms with Crippen LogP contribution in [0.15, 0.2) is 30.3 Å². The van der Waals surface area contributed by atoms with Gasteiger partial charge >= 0.3 is 0 Å². The molecule has 2 heterocycles. The number of benzene rings is 1. The highest BCUT2D eigenvalue weighted by Gasteiger charge is 2.14. The summed E-state index contributed by atoms with van der Waals surface area (Å²) in [5.41, 5.74) is 6.96. The van der Waals surface area contributed by atoms with Crippen LogP contribution in [-0.4, -0.2) is 20.5 Å². The van der Waals surface area contributed by atoms with Crippen LogP contribution >= 0.6 is 0 Å². The number of fused-ring (bicyclic) bond motifs is 1. The molecule has 0 saturated heterocycles. The fraction of sp³-hybridized carbons (Fsp3) is 0.381. The van der Waals surface area contributed by atoms with Crippen LogP contribution < -0.4 is 5.32 Å². The minimum Gasteiger partial charge on any atom is -0.326 e. The van der Waals surface area contributed by atoms with Gasteiger partial charge in [-0.15, -0.1) is 0 Å². The highest BCUT2D eigenvalue weighted by molar-refractivity contribution is 5.91. The Morgan fingerprint density at radius 3 is 2.65 bits per heavy atom. The second kappa shape index (κ2) is 7.28. The standard InChI is InChI=1S/C21H26N4O/c1-13(2)17-8-6-7-9-19(17)23-21(26)11-10-18-15(4)22-20-12-14(3)24-25(20)16(18)5/h6-9,12-13H,10-11H2,1-5H3,(H,23,26). The summed E-state index contributed by atoms with van der Waals surface area (Å²) < 4.78 is 1.86. The van der Waals surface area contributed by atoms with E-state index in [1.54, 1.807) is 0 Å². The molecule has 5 heteroatoms. The maximum Gasteiger partial charge on any atom is 0.224 e. The van der Waals surface area contributed by atoms with Gasteiger partial charge in [0.15, 0.2) is 5.65 Å². The van der Waals surface area contributed by atoms with Gasteiger partial charge in [-0.25, -0.2) is 9.50 Å². The average molecular weight is 350 g/mol. The molecular formula is C21H26N4O. The van der Waals surface area contributed by atoms with Gasteiger partial charge in [-0.05, 0) is 50.3 Å². The minimum absolute atomic E-state index is 0.0219. The number of aromatic nitrogens is 3. The molecule has 0 saturated carbocycles. The van der Waals surface area contributed by atoms with Crippen molar-refractivity contribution < 1.29 is 4.79 Å². The molecule has 5 nitrogen and oxygen atoms in total. The summed E-state index contributed by atoms with van der Waals surface area (Å²) in [5.74, 6) is 0.388. The smallest absolute Gasteiger partial charge is 0.224 e. The Balaban J connectivity index is 1.75. The van der Waals surface area contributed by atoms with E-state index >= 15 is 0 Å². The lowest BCUT2D eigenvalue weighted by Gasteiger charge is -2.14. The van der Waals surface area contributed by atoms with E-state index in [1.165, 1.54) is 0 Å². The highest BCUT2D eigenvalue weighted by Crippen LogP contribution is 2.24. The number of hydrogen-bond donors (Lipinski definition) is 1. The van der Waals surface area contributed by atoms with E-state index in [0.29, 0.717) is 18.8 Å². The number of aryl methyl sites for hydroxylation is 3. The third-order valence-electron chi connectivity index (χ3n) is 4.75. The number of hydrogen-bond acceptors (Lipinski definition) is 3. The van der Waals surface area contributed by atoms with Gasteiger partial charge in [0.1, 0.15) is 0 Å². The van der Waals surface area contributed by atoms with Crippen molar-refractivity contribution in [2.45, 2.75) is 53.4 Å². The molecule has 0 fully saturated rings. The topological polar surface area (TPSA) is 59.3 Å². The summed E-state index contributed by atoms with van der Waals surface area (Å²) >= 11 is 0. The molecule has 3 rings (SSSR count). The minimum atomic E-state index is 0.0219. The van der Waals surface area contributed by atoms with Crippen LogP contribution in [0.4, 0.5) is 5.69 Å². The lowest BCUT2D eigenvalue weighted by Crippen LogP contribution is -2.15. The second-order valence-corrected chi connectivity index (χ2v) is 7.11. The molecule has 0 unspecified atom stereocenters. The third-order valence-corrected chi connectivity index (χ3v) is 4.75. The molecular weight excluding hydrogens is 324 g/mol. The van der Waals surface area contributed by atoms with Crippen molar-refractivity contribution in [1.29, 1.82) is 0 Å². The quantitative estimate of drug-likeness (QED) is 0.744. The molecule has 0 radical (unpaired) electrons. The third kappa shape index (κ3) is 3.62. The maximum atomic E-state index is 12.5. The number of rotatable bonds is 5. The lowest BCUT2D eigenvalue weighted by molar-refractivity contribution is -0.116. The largest absolute Gasteiger partial charge is 0.326 e. The van der Waals surface area contributed by atoms with E-state index in [9.17, 15) is 4.79 Å². The first-order chi connectivity index (χ1) is 12.4. The van der Waals surface area contributed by atoms with E-state index in [4.69, 9.17) is 0 Å². The molecule has 3 aromatic rings. The van der Waals surface area contributed by atoms with E-state index < -0.39 is 0 Å². The van der Waals surface area contributed by atoms with Gasteiger partial charge in [0.05, 0.1) is 5.69 Å². The molecule has 1 amide bonds. The van der Waals surface area contributed by atoms with Crippen molar-refractivity contribution in [3.63, 3.8) is 0 Å². The van der Waals surface area contributed by atoms with Crippen LogP contribution in [0, 0.1) is 20.8 Å². The van der Waals surface area contributed by atoms with Crippen LogP contribution in [0.1, 0.15) is 54.4 Å². The SMILES string of the molecule is Cc1cc2nc(C)c(CCC(=O)Nc3ccccc3C(C)C)c(C)n2n1.